The number of allylic oxidation sites excluding steroid dienone is 1. The zero-order chi connectivity index (χ0) is 24.1. The van der Waals surface area contributed by atoms with Gasteiger partial charge >= 0.3 is 6.18 Å². The van der Waals surface area contributed by atoms with Gasteiger partial charge in [0, 0.05) is 11.6 Å². The van der Waals surface area contributed by atoms with Crippen LogP contribution in [0.4, 0.5) is 17.6 Å². The fraction of sp³-hybridized carbons (Fsp3) is 0.733. The van der Waals surface area contributed by atoms with Crippen molar-refractivity contribution in [1.29, 1.82) is 0 Å². The van der Waals surface area contributed by atoms with E-state index in [4.69, 9.17) is 0 Å². The molecule has 0 saturated heterocycles. The van der Waals surface area contributed by atoms with Crippen molar-refractivity contribution in [2.45, 2.75) is 109 Å². The van der Waals surface area contributed by atoms with Crippen LogP contribution in [0.15, 0.2) is 24.3 Å². The van der Waals surface area contributed by atoms with Gasteiger partial charge in [0.05, 0.1) is 0 Å². The van der Waals surface area contributed by atoms with Gasteiger partial charge in [-0.3, -0.25) is 0 Å². The van der Waals surface area contributed by atoms with E-state index in [0.717, 1.165) is 54.1 Å². The predicted octanol–water partition coefficient (Wildman–Crippen LogP) is 10.1. The van der Waals surface area contributed by atoms with E-state index in [1.165, 1.54) is 89.2 Å². The highest BCUT2D eigenvalue weighted by atomic mass is 19.4. The summed E-state index contributed by atoms with van der Waals surface area (Å²) in [7, 11) is 0. The first-order valence-corrected chi connectivity index (χ1v) is 13.9. The summed E-state index contributed by atoms with van der Waals surface area (Å²) < 4.78 is 51.5. The molecule has 0 spiro atoms. The maximum atomic E-state index is 14.4. The molecule has 34 heavy (non-hydrogen) atoms. The fourth-order valence-corrected chi connectivity index (χ4v) is 7.49. The number of alkyl halides is 3. The van der Waals surface area contributed by atoms with Crippen LogP contribution in [0.5, 0.6) is 0 Å². The maximum absolute atomic E-state index is 14.4. The van der Waals surface area contributed by atoms with Gasteiger partial charge in [-0.2, -0.15) is 13.2 Å². The first-order valence-electron chi connectivity index (χ1n) is 13.9. The maximum Gasteiger partial charge on any atom is 0.409 e. The van der Waals surface area contributed by atoms with Gasteiger partial charge in [0.2, 0.25) is 0 Å². The third-order valence-electron chi connectivity index (χ3n) is 9.46. The summed E-state index contributed by atoms with van der Waals surface area (Å²) >= 11 is 0. The van der Waals surface area contributed by atoms with E-state index in [2.05, 4.69) is 6.92 Å². The topological polar surface area (TPSA) is 0 Å². The molecule has 190 valence electrons. The van der Waals surface area contributed by atoms with Gasteiger partial charge in [-0.25, -0.2) is 4.39 Å². The zero-order valence-electron chi connectivity index (χ0n) is 20.8. The SMILES string of the molecule is CCCC1CCC(C2CCC(C3CCC(c4ccc(C=CC(F)(F)F)c(F)c4)CC3)CC2)CC1. The third kappa shape index (κ3) is 6.88. The molecule has 0 atom stereocenters. The molecule has 0 aliphatic heterocycles. The molecule has 0 radical (unpaired) electrons. The van der Waals surface area contributed by atoms with E-state index >= 15 is 0 Å². The Morgan fingerprint density at radius 2 is 1.26 bits per heavy atom. The largest absolute Gasteiger partial charge is 0.409 e. The molecule has 4 heteroatoms. The van der Waals surface area contributed by atoms with Crippen LogP contribution < -0.4 is 0 Å². The second kappa shape index (κ2) is 11.6. The summed E-state index contributed by atoms with van der Waals surface area (Å²) in [6.07, 6.45) is 15.3. The Morgan fingerprint density at radius 1 is 0.765 bits per heavy atom. The van der Waals surface area contributed by atoms with Crippen LogP contribution >= 0.6 is 0 Å². The average molecular weight is 479 g/mol. The number of halogens is 4. The van der Waals surface area contributed by atoms with Crippen LogP contribution in [-0.2, 0) is 0 Å². The molecule has 0 bridgehead atoms. The van der Waals surface area contributed by atoms with Crippen LogP contribution in [0, 0.1) is 35.4 Å². The van der Waals surface area contributed by atoms with Gasteiger partial charge < -0.3 is 0 Å². The Morgan fingerprint density at radius 3 is 1.74 bits per heavy atom. The van der Waals surface area contributed by atoms with Gasteiger partial charge in [-0.05, 0) is 117 Å². The molecule has 3 fully saturated rings. The molecule has 3 aliphatic carbocycles. The van der Waals surface area contributed by atoms with Crippen molar-refractivity contribution < 1.29 is 17.6 Å². The van der Waals surface area contributed by atoms with Crippen LogP contribution in [0.1, 0.15) is 114 Å². The quantitative estimate of drug-likeness (QED) is 0.357. The van der Waals surface area contributed by atoms with Crippen molar-refractivity contribution >= 4 is 6.08 Å². The van der Waals surface area contributed by atoms with Crippen molar-refractivity contribution in [3.8, 4) is 0 Å². The van der Waals surface area contributed by atoms with Gasteiger partial charge in [0.1, 0.15) is 5.82 Å². The summed E-state index contributed by atoms with van der Waals surface area (Å²) in [5, 5.41) is 0. The van der Waals surface area contributed by atoms with E-state index in [9.17, 15) is 17.6 Å². The molecule has 3 aliphatic rings. The van der Waals surface area contributed by atoms with Crippen LogP contribution in [0.25, 0.3) is 6.08 Å². The summed E-state index contributed by atoms with van der Waals surface area (Å²) in [5.74, 6) is 4.38. The first kappa shape index (κ1) is 25.8. The Labute approximate surface area is 203 Å². The molecule has 1 aromatic rings. The lowest BCUT2D eigenvalue weighted by Crippen LogP contribution is -2.29. The van der Waals surface area contributed by atoms with Crippen molar-refractivity contribution in [2.75, 3.05) is 0 Å². The van der Waals surface area contributed by atoms with Crippen molar-refractivity contribution in [3.63, 3.8) is 0 Å². The highest BCUT2D eigenvalue weighted by molar-refractivity contribution is 5.51. The zero-order valence-corrected chi connectivity index (χ0v) is 20.8. The Balaban J connectivity index is 1.22. The number of hydrogen-bond acceptors (Lipinski definition) is 0. The highest BCUT2D eigenvalue weighted by Gasteiger charge is 2.35. The first-order chi connectivity index (χ1) is 16.3. The molecule has 3 saturated carbocycles. The molecule has 0 N–H and O–H groups in total. The van der Waals surface area contributed by atoms with Crippen LogP contribution in [0.2, 0.25) is 0 Å². The Bertz CT molecular complexity index is 787. The average Bonchev–Trinajstić information content (AvgIpc) is 2.84. The molecule has 4 rings (SSSR count). The second-order valence-electron chi connectivity index (χ2n) is 11.5. The standard InChI is InChI=1S/C30H42F4/c1-2-3-21-4-6-22(7-5-21)23-8-10-24(11-9-23)25-12-14-26(15-13-25)28-17-16-27(29(31)20-28)18-19-30(32,33)34/h16-26H,2-15H2,1H3. The lowest BCUT2D eigenvalue weighted by atomic mass is 9.64. The lowest BCUT2D eigenvalue weighted by Gasteiger charge is -2.41. The predicted molar refractivity (Wildman–Crippen MR) is 132 cm³/mol. The van der Waals surface area contributed by atoms with Crippen LogP contribution in [0.3, 0.4) is 0 Å². The third-order valence-corrected chi connectivity index (χ3v) is 9.46. The highest BCUT2D eigenvalue weighted by Crippen LogP contribution is 2.47. The van der Waals surface area contributed by atoms with E-state index in [0.29, 0.717) is 5.92 Å². The summed E-state index contributed by atoms with van der Waals surface area (Å²) in [6.45, 7) is 2.31. The number of hydrogen-bond donors (Lipinski definition) is 0. The van der Waals surface area contributed by atoms with Crippen LogP contribution in [-0.4, -0.2) is 6.18 Å². The number of rotatable bonds is 6. The molecule has 0 nitrogen and oxygen atoms in total. The van der Waals surface area contributed by atoms with E-state index < -0.39 is 12.0 Å². The number of benzene rings is 1. The minimum absolute atomic E-state index is 0.00497. The van der Waals surface area contributed by atoms with Crippen molar-refractivity contribution in [2.24, 2.45) is 29.6 Å². The monoisotopic (exact) mass is 478 g/mol. The molecule has 1 aromatic carbocycles. The fourth-order valence-electron chi connectivity index (χ4n) is 7.49. The summed E-state index contributed by atoms with van der Waals surface area (Å²) in [6, 6.07) is 4.78. The smallest absolute Gasteiger partial charge is 0.206 e. The minimum atomic E-state index is -4.42. The summed E-state index contributed by atoms with van der Waals surface area (Å²) in [4.78, 5) is 0. The van der Waals surface area contributed by atoms with Gasteiger partial charge in [0.25, 0.3) is 0 Å². The van der Waals surface area contributed by atoms with Gasteiger partial charge in [0.15, 0.2) is 0 Å². The van der Waals surface area contributed by atoms with E-state index in [1.807, 2.05) is 6.07 Å². The van der Waals surface area contributed by atoms with Crippen molar-refractivity contribution in [3.05, 3.63) is 41.2 Å². The molecular formula is C30H42F4. The Kier molecular flexibility index (Phi) is 8.80. The molecule has 0 heterocycles. The minimum Gasteiger partial charge on any atom is -0.206 e. The normalized spacial score (nSPS) is 33.3. The summed E-state index contributed by atoms with van der Waals surface area (Å²) in [5.41, 5.74) is 0.952. The van der Waals surface area contributed by atoms with Gasteiger partial charge in [-0.1, -0.05) is 44.7 Å². The van der Waals surface area contributed by atoms with E-state index in [1.54, 1.807) is 0 Å². The second-order valence-corrected chi connectivity index (χ2v) is 11.5. The van der Waals surface area contributed by atoms with E-state index in [-0.39, 0.29) is 11.6 Å². The molecule has 0 unspecified atom stereocenters. The Hall–Kier alpha value is -1.32. The lowest BCUT2D eigenvalue weighted by molar-refractivity contribution is -0.0790. The molecular weight excluding hydrogens is 436 g/mol. The molecule has 0 aromatic heterocycles. The van der Waals surface area contributed by atoms with Crippen molar-refractivity contribution in [1.82, 2.24) is 0 Å². The molecule has 0 amide bonds. The van der Waals surface area contributed by atoms with Gasteiger partial charge in [-0.15, -0.1) is 0 Å².